The lowest BCUT2D eigenvalue weighted by atomic mass is 10.2. The molecule has 0 N–H and O–H groups in total. The summed E-state index contributed by atoms with van der Waals surface area (Å²) in [6.45, 7) is 5.12. The molecular formula is C10H20ClNO. The molecule has 2 nitrogen and oxygen atoms in total. The second-order valence-corrected chi connectivity index (χ2v) is 4.17. The molecule has 78 valence electrons. The average molecular weight is 206 g/mol. The van der Waals surface area contributed by atoms with E-state index in [1.807, 2.05) is 0 Å². The van der Waals surface area contributed by atoms with E-state index < -0.39 is 0 Å². The Morgan fingerprint density at radius 2 is 2.15 bits per heavy atom. The summed E-state index contributed by atoms with van der Waals surface area (Å²) in [4.78, 5) is 2.44. The van der Waals surface area contributed by atoms with Crippen LogP contribution >= 0.6 is 11.6 Å². The normalized spacial score (nSPS) is 19.4. The Morgan fingerprint density at radius 3 is 2.62 bits per heavy atom. The predicted molar refractivity (Wildman–Crippen MR) is 56.4 cm³/mol. The van der Waals surface area contributed by atoms with Crippen LogP contribution in [0.25, 0.3) is 0 Å². The summed E-state index contributed by atoms with van der Waals surface area (Å²) in [6, 6.07) is 0.689. The summed E-state index contributed by atoms with van der Waals surface area (Å²) in [6.07, 6.45) is 2.79. The fourth-order valence-electron chi connectivity index (χ4n) is 1.71. The molecule has 1 saturated carbocycles. The molecule has 0 aromatic rings. The van der Waals surface area contributed by atoms with E-state index in [4.69, 9.17) is 16.3 Å². The van der Waals surface area contributed by atoms with E-state index in [9.17, 15) is 0 Å². The van der Waals surface area contributed by atoms with Gasteiger partial charge in [0.05, 0.1) is 6.61 Å². The Bertz CT molecular complexity index is 139. The van der Waals surface area contributed by atoms with E-state index >= 15 is 0 Å². The van der Waals surface area contributed by atoms with Crippen LogP contribution < -0.4 is 0 Å². The monoisotopic (exact) mass is 205 g/mol. The molecule has 0 aromatic carbocycles. The quantitative estimate of drug-likeness (QED) is 0.590. The zero-order valence-corrected chi connectivity index (χ0v) is 9.39. The van der Waals surface area contributed by atoms with Crippen molar-refractivity contribution in [2.75, 3.05) is 32.7 Å². The second kappa shape index (κ2) is 5.84. The van der Waals surface area contributed by atoms with Gasteiger partial charge >= 0.3 is 0 Å². The van der Waals surface area contributed by atoms with Crippen molar-refractivity contribution in [3.05, 3.63) is 0 Å². The Labute approximate surface area is 86.2 Å². The molecule has 0 saturated heterocycles. The van der Waals surface area contributed by atoms with Crippen LogP contribution in [0.5, 0.6) is 0 Å². The highest BCUT2D eigenvalue weighted by atomic mass is 35.5. The molecule has 1 aliphatic rings. The standard InChI is InChI=1S/C10H20ClNO/c1-9(10-3-4-10)12(6-5-11)7-8-13-2/h9-10H,3-8H2,1-2H3. The Morgan fingerprint density at radius 1 is 1.46 bits per heavy atom. The van der Waals surface area contributed by atoms with Crippen LogP contribution in [0.3, 0.4) is 0 Å². The molecule has 1 fully saturated rings. The first-order valence-corrected chi connectivity index (χ1v) is 5.62. The maximum absolute atomic E-state index is 5.76. The van der Waals surface area contributed by atoms with Crippen LogP contribution in [-0.2, 0) is 4.74 Å². The lowest BCUT2D eigenvalue weighted by molar-refractivity contribution is 0.122. The zero-order valence-electron chi connectivity index (χ0n) is 8.63. The van der Waals surface area contributed by atoms with Gasteiger partial charge in [0.15, 0.2) is 0 Å². The lowest BCUT2D eigenvalue weighted by Gasteiger charge is -2.28. The van der Waals surface area contributed by atoms with Gasteiger partial charge < -0.3 is 4.74 Å². The smallest absolute Gasteiger partial charge is 0.0589 e. The average Bonchev–Trinajstić information content (AvgIpc) is 2.94. The molecule has 1 unspecified atom stereocenters. The van der Waals surface area contributed by atoms with Crippen molar-refractivity contribution in [2.45, 2.75) is 25.8 Å². The molecule has 0 radical (unpaired) electrons. The minimum absolute atomic E-state index is 0.689. The maximum atomic E-state index is 5.76. The molecule has 0 amide bonds. The number of rotatable bonds is 7. The molecule has 0 bridgehead atoms. The molecule has 0 heterocycles. The molecule has 0 aromatic heterocycles. The molecule has 1 aliphatic carbocycles. The molecule has 0 aliphatic heterocycles. The van der Waals surface area contributed by atoms with Gasteiger partial charge in [0.25, 0.3) is 0 Å². The van der Waals surface area contributed by atoms with E-state index in [1.165, 1.54) is 12.8 Å². The molecule has 13 heavy (non-hydrogen) atoms. The topological polar surface area (TPSA) is 12.5 Å². The summed E-state index contributed by atoms with van der Waals surface area (Å²) in [5, 5.41) is 0. The third kappa shape index (κ3) is 3.84. The highest BCUT2D eigenvalue weighted by Gasteiger charge is 2.31. The first-order chi connectivity index (χ1) is 6.29. The maximum Gasteiger partial charge on any atom is 0.0589 e. The summed E-state index contributed by atoms with van der Waals surface area (Å²) >= 11 is 5.76. The van der Waals surface area contributed by atoms with Crippen LogP contribution in [0.4, 0.5) is 0 Å². The van der Waals surface area contributed by atoms with Crippen LogP contribution in [0.15, 0.2) is 0 Å². The number of halogens is 1. The third-order valence-corrected chi connectivity index (χ3v) is 3.00. The number of nitrogens with zero attached hydrogens (tertiary/aromatic N) is 1. The van der Waals surface area contributed by atoms with Gasteiger partial charge in [0.1, 0.15) is 0 Å². The van der Waals surface area contributed by atoms with E-state index in [-0.39, 0.29) is 0 Å². The SMILES string of the molecule is COCCN(CCCl)C(C)C1CC1. The molecule has 3 heteroatoms. The molecule has 1 rings (SSSR count). The summed E-state index contributed by atoms with van der Waals surface area (Å²) in [5.74, 6) is 1.64. The predicted octanol–water partition coefficient (Wildman–Crippen LogP) is 1.97. The molecule has 0 spiro atoms. The van der Waals surface area contributed by atoms with Gasteiger partial charge in [0.2, 0.25) is 0 Å². The fraction of sp³-hybridized carbons (Fsp3) is 1.00. The zero-order chi connectivity index (χ0) is 9.68. The van der Waals surface area contributed by atoms with Gasteiger partial charge in [0, 0.05) is 32.1 Å². The Balaban J connectivity index is 2.26. The summed E-state index contributed by atoms with van der Waals surface area (Å²) in [5.41, 5.74) is 0. The van der Waals surface area contributed by atoms with E-state index in [2.05, 4.69) is 11.8 Å². The van der Waals surface area contributed by atoms with Gasteiger partial charge in [-0.15, -0.1) is 11.6 Å². The van der Waals surface area contributed by atoms with Gasteiger partial charge in [-0.1, -0.05) is 0 Å². The molecular weight excluding hydrogens is 186 g/mol. The largest absolute Gasteiger partial charge is 0.383 e. The Hall–Kier alpha value is 0.210. The van der Waals surface area contributed by atoms with Gasteiger partial charge in [-0.05, 0) is 25.7 Å². The summed E-state index contributed by atoms with van der Waals surface area (Å²) < 4.78 is 5.08. The summed E-state index contributed by atoms with van der Waals surface area (Å²) in [7, 11) is 1.75. The second-order valence-electron chi connectivity index (χ2n) is 3.80. The van der Waals surface area contributed by atoms with E-state index in [0.717, 1.165) is 31.5 Å². The fourth-order valence-corrected chi connectivity index (χ4v) is 1.93. The van der Waals surface area contributed by atoms with Crippen molar-refractivity contribution in [3.63, 3.8) is 0 Å². The van der Waals surface area contributed by atoms with Gasteiger partial charge in [-0.2, -0.15) is 0 Å². The Kier molecular flexibility index (Phi) is 5.07. The molecule has 1 atom stereocenters. The van der Waals surface area contributed by atoms with E-state index in [0.29, 0.717) is 6.04 Å². The van der Waals surface area contributed by atoms with Gasteiger partial charge in [-0.25, -0.2) is 0 Å². The van der Waals surface area contributed by atoms with Crippen molar-refractivity contribution in [1.29, 1.82) is 0 Å². The van der Waals surface area contributed by atoms with Crippen molar-refractivity contribution >= 4 is 11.6 Å². The van der Waals surface area contributed by atoms with E-state index in [1.54, 1.807) is 7.11 Å². The van der Waals surface area contributed by atoms with Gasteiger partial charge in [-0.3, -0.25) is 4.90 Å². The number of hydrogen-bond donors (Lipinski definition) is 0. The van der Waals surface area contributed by atoms with Crippen molar-refractivity contribution in [3.8, 4) is 0 Å². The minimum atomic E-state index is 0.689. The van der Waals surface area contributed by atoms with Crippen LogP contribution in [0, 0.1) is 5.92 Å². The van der Waals surface area contributed by atoms with Crippen LogP contribution in [0.1, 0.15) is 19.8 Å². The highest BCUT2D eigenvalue weighted by Crippen LogP contribution is 2.34. The van der Waals surface area contributed by atoms with Crippen LogP contribution in [-0.4, -0.2) is 43.6 Å². The third-order valence-electron chi connectivity index (χ3n) is 2.83. The minimum Gasteiger partial charge on any atom is -0.383 e. The van der Waals surface area contributed by atoms with Crippen molar-refractivity contribution in [2.24, 2.45) is 5.92 Å². The van der Waals surface area contributed by atoms with Crippen LogP contribution in [0.2, 0.25) is 0 Å². The highest BCUT2D eigenvalue weighted by molar-refractivity contribution is 6.18. The van der Waals surface area contributed by atoms with Crippen molar-refractivity contribution < 1.29 is 4.74 Å². The first-order valence-electron chi connectivity index (χ1n) is 5.08. The number of alkyl halides is 1. The number of methoxy groups -OCH3 is 1. The van der Waals surface area contributed by atoms with Crippen molar-refractivity contribution in [1.82, 2.24) is 4.90 Å². The lowest BCUT2D eigenvalue weighted by Crippen LogP contribution is -2.38. The number of hydrogen-bond acceptors (Lipinski definition) is 2. The number of ether oxygens (including phenoxy) is 1. The first kappa shape index (κ1) is 11.3.